The Kier molecular flexibility index (Phi) is 8.20. The van der Waals surface area contributed by atoms with Crippen LogP contribution in [0.1, 0.15) is 27.7 Å². The van der Waals surface area contributed by atoms with Crippen molar-refractivity contribution in [1.29, 1.82) is 0 Å². The van der Waals surface area contributed by atoms with E-state index in [1.807, 2.05) is 13.8 Å². The Bertz CT molecular complexity index is 219. The second kappa shape index (κ2) is 7.42. The summed E-state index contributed by atoms with van der Waals surface area (Å²) >= 11 is 0. The largest absolute Gasteiger partial charge is 0.416 e. The molecule has 3 heteroatoms. The summed E-state index contributed by atoms with van der Waals surface area (Å²) in [6.07, 6.45) is -0.504. The van der Waals surface area contributed by atoms with Crippen LogP contribution in [0.3, 0.4) is 0 Å². The van der Waals surface area contributed by atoms with E-state index in [4.69, 9.17) is 0 Å². The van der Waals surface area contributed by atoms with E-state index in [0.29, 0.717) is 0 Å². The Balaban J connectivity index is 0. The van der Waals surface area contributed by atoms with Crippen LogP contribution in [0.5, 0.6) is 0 Å². The van der Waals surface area contributed by atoms with Crippen LogP contribution in [-0.2, 0) is 0 Å². The lowest BCUT2D eigenvalue weighted by molar-refractivity contribution is -0.0887. The van der Waals surface area contributed by atoms with Crippen LogP contribution in [0.2, 0.25) is 0 Å². The number of alkyl halides is 3. The molecule has 0 aromatic carbocycles. The van der Waals surface area contributed by atoms with Gasteiger partial charge in [-0.15, -0.1) is 0 Å². The SMILES string of the molecule is C=C/C(=C(C)\C=C/C)C(F)(F)F.CC. The first-order chi connectivity index (χ1) is 6.43. The van der Waals surface area contributed by atoms with E-state index in [0.717, 1.165) is 6.08 Å². The van der Waals surface area contributed by atoms with Crippen LogP contribution in [-0.4, -0.2) is 6.18 Å². The fourth-order valence-corrected chi connectivity index (χ4v) is 0.840. The fraction of sp³-hybridized carbons (Fsp3) is 0.455. The van der Waals surface area contributed by atoms with Gasteiger partial charge in [-0.3, -0.25) is 0 Å². The van der Waals surface area contributed by atoms with Gasteiger partial charge in [-0.2, -0.15) is 13.2 Å². The van der Waals surface area contributed by atoms with Crippen LogP contribution in [0.15, 0.2) is 36.0 Å². The van der Waals surface area contributed by atoms with Crippen molar-refractivity contribution in [3.63, 3.8) is 0 Å². The summed E-state index contributed by atoms with van der Waals surface area (Å²) in [7, 11) is 0. The molecule has 0 saturated carbocycles. The van der Waals surface area contributed by atoms with Crippen molar-refractivity contribution < 1.29 is 13.2 Å². The number of halogens is 3. The van der Waals surface area contributed by atoms with Crippen LogP contribution in [0.25, 0.3) is 0 Å². The maximum absolute atomic E-state index is 12.1. The third kappa shape index (κ3) is 5.62. The molecule has 0 aromatic heterocycles. The predicted molar refractivity (Wildman–Crippen MR) is 55.1 cm³/mol. The van der Waals surface area contributed by atoms with Gasteiger partial charge in [0.15, 0.2) is 0 Å². The van der Waals surface area contributed by atoms with Gasteiger partial charge in [-0.1, -0.05) is 38.7 Å². The van der Waals surface area contributed by atoms with Crippen molar-refractivity contribution in [2.24, 2.45) is 0 Å². The second-order valence-corrected chi connectivity index (χ2v) is 2.30. The average Bonchev–Trinajstić information content (AvgIpc) is 2.07. The topological polar surface area (TPSA) is 0 Å². The number of hydrogen-bond donors (Lipinski definition) is 0. The highest BCUT2D eigenvalue weighted by Gasteiger charge is 2.32. The summed E-state index contributed by atoms with van der Waals surface area (Å²) in [4.78, 5) is 0. The second-order valence-electron chi connectivity index (χ2n) is 2.30. The Hall–Kier alpha value is -0.990. The highest BCUT2D eigenvalue weighted by atomic mass is 19.4. The van der Waals surface area contributed by atoms with Crippen molar-refractivity contribution in [3.8, 4) is 0 Å². The molecule has 0 radical (unpaired) electrons. The van der Waals surface area contributed by atoms with E-state index in [1.165, 1.54) is 13.0 Å². The summed E-state index contributed by atoms with van der Waals surface area (Å²) in [6, 6.07) is 0. The van der Waals surface area contributed by atoms with Crippen LogP contribution < -0.4 is 0 Å². The summed E-state index contributed by atoms with van der Waals surface area (Å²) in [5.74, 6) is 0. The fourth-order valence-electron chi connectivity index (χ4n) is 0.840. The average molecular weight is 206 g/mol. The molecule has 0 aromatic rings. The van der Waals surface area contributed by atoms with E-state index in [1.54, 1.807) is 13.0 Å². The summed E-state index contributed by atoms with van der Waals surface area (Å²) in [5.41, 5.74) is -0.499. The monoisotopic (exact) mass is 206 g/mol. The first-order valence-electron chi connectivity index (χ1n) is 4.46. The minimum atomic E-state index is -4.30. The van der Waals surface area contributed by atoms with Gasteiger partial charge in [0.1, 0.15) is 0 Å². The molecule has 0 aliphatic carbocycles. The van der Waals surface area contributed by atoms with Crippen molar-refractivity contribution in [2.75, 3.05) is 0 Å². The first kappa shape index (κ1) is 15.5. The minimum Gasteiger partial charge on any atom is -0.166 e. The molecule has 0 fully saturated rings. The van der Waals surface area contributed by atoms with Gasteiger partial charge >= 0.3 is 6.18 Å². The summed E-state index contributed by atoms with van der Waals surface area (Å²) in [5, 5.41) is 0. The molecule has 82 valence electrons. The van der Waals surface area contributed by atoms with Crippen molar-refractivity contribution >= 4 is 0 Å². The molecule has 0 aliphatic rings. The third-order valence-corrected chi connectivity index (χ3v) is 1.35. The Morgan fingerprint density at radius 2 is 1.64 bits per heavy atom. The molecule has 0 unspecified atom stereocenters. The number of rotatable bonds is 2. The highest BCUT2D eigenvalue weighted by Crippen LogP contribution is 2.29. The normalized spacial score (nSPS) is 13.1. The lowest BCUT2D eigenvalue weighted by atomic mass is 10.1. The lowest BCUT2D eigenvalue weighted by Crippen LogP contribution is -2.11. The lowest BCUT2D eigenvalue weighted by Gasteiger charge is -2.08. The molecule has 0 N–H and O–H groups in total. The van der Waals surface area contributed by atoms with Gasteiger partial charge in [-0.25, -0.2) is 0 Å². The zero-order chi connectivity index (χ0) is 11.8. The third-order valence-electron chi connectivity index (χ3n) is 1.35. The summed E-state index contributed by atoms with van der Waals surface area (Å²) in [6.45, 7) is 10.2. The molecular formula is C11H17F3. The number of allylic oxidation sites excluding steroid dienone is 5. The Labute approximate surface area is 83.8 Å². The van der Waals surface area contributed by atoms with E-state index < -0.39 is 11.7 Å². The molecular weight excluding hydrogens is 189 g/mol. The van der Waals surface area contributed by atoms with Crippen LogP contribution in [0.4, 0.5) is 13.2 Å². The molecule has 0 atom stereocenters. The molecule has 0 spiro atoms. The molecule has 14 heavy (non-hydrogen) atoms. The van der Waals surface area contributed by atoms with Gasteiger partial charge in [0.05, 0.1) is 5.57 Å². The van der Waals surface area contributed by atoms with Crippen molar-refractivity contribution in [3.05, 3.63) is 36.0 Å². The minimum absolute atomic E-state index is 0.181. The first-order valence-corrected chi connectivity index (χ1v) is 4.46. The van der Waals surface area contributed by atoms with Gasteiger partial charge in [0, 0.05) is 0 Å². The quantitative estimate of drug-likeness (QED) is 0.577. The Morgan fingerprint density at radius 3 is 1.86 bits per heavy atom. The van der Waals surface area contributed by atoms with Crippen LogP contribution in [0, 0.1) is 0 Å². The Morgan fingerprint density at radius 1 is 1.21 bits per heavy atom. The van der Waals surface area contributed by atoms with Crippen LogP contribution >= 0.6 is 0 Å². The van der Waals surface area contributed by atoms with Gasteiger partial charge in [0.25, 0.3) is 0 Å². The summed E-state index contributed by atoms with van der Waals surface area (Å²) < 4.78 is 36.4. The van der Waals surface area contributed by atoms with Gasteiger partial charge in [-0.05, 0) is 19.4 Å². The maximum atomic E-state index is 12.1. The highest BCUT2D eigenvalue weighted by molar-refractivity contribution is 5.33. The van der Waals surface area contributed by atoms with E-state index in [-0.39, 0.29) is 5.57 Å². The number of hydrogen-bond acceptors (Lipinski definition) is 0. The molecule has 0 aliphatic heterocycles. The van der Waals surface area contributed by atoms with Crippen molar-refractivity contribution in [2.45, 2.75) is 33.9 Å². The zero-order valence-electron chi connectivity index (χ0n) is 9.07. The molecule has 0 amide bonds. The van der Waals surface area contributed by atoms with E-state index >= 15 is 0 Å². The van der Waals surface area contributed by atoms with Gasteiger partial charge in [0.2, 0.25) is 0 Å². The van der Waals surface area contributed by atoms with Crippen molar-refractivity contribution in [1.82, 2.24) is 0 Å². The maximum Gasteiger partial charge on any atom is 0.416 e. The van der Waals surface area contributed by atoms with E-state index in [2.05, 4.69) is 6.58 Å². The zero-order valence-corrected chi connectivity index (χ0v) is 9.07. The standard InChI is InChI=1S/C9H11F3.C2H6/c1-4-6-7(3)8(5-2)9(10,11)12;1-2/h4-6H,2H2,1,3H3;1-2H3/b6-4-,8-7+;. The molecule has 0 nitrogen and oxygen atoms in total. The predicted octanol–water partition coefficient (Wildman–Crippen LogP) is 4.65. The molecule has 0 saturated heterocycles. The molecule has 0 heterocycles. The smallest absolute Gasteiger partial charge is 0.166 e. The molecule has 0 bridgehead atoms. The molecule has 0 rings (SSSR count). The van der Waals surface area contributed by atoms with E-state index in [9.17, 15) is 13.2 Å². The van der Waals surface area contributed by atoms with Gasteiger partial charge < -0.3 is 0 Å².